The van der Waals surface area contributed by atoms with Gasteiger partial charge in [-0.15, -0.1) is 0 Å². The number of likely N-dealkylation sites (tertiary alicyclic amines) is 1. The molecule has 2 saturated heterocycles. The van der Waals surface area contributed by atoms with Crippen LogP contribution in [-0.2, 0) is 10.0 Å². The summed E-state index contributed by atoms with van der Waals surface area (Å²) in [6.45, 7) is 2.58. The Balaban J connectivity index is 1.75. The number of aromatic amines is 1. The summed E-state index contributed by atoms with van der Waals surface area (Å²) < 4.78 is 26.8. The summed E-state index contributed by atoms with van der Waals surface area (Å²) in [5.41, 5.74) is 0.372. The van der Waals surface area contributed by atoms with E-state index in [2.05, 4.69) is 4.98 Å². The van der Waals surface area contributed by atoms with Crippen LogP contribution in [0.5, 0.6) is 0 Å². The minimum atomic E-state index is -3.49. The van der Waals surface area contributed by atoms with Gasteiger partial charge in [0.2, 0.25) is 10.0 Å². The van der Waals surface area contributed by atoms with E-state index in [-0.39, 0.29) is 10.8 Å². The monoisotopic (exact) mass is 357 g/mol. The van der Waals surface area contributed by atoms with Crippen molar-refractivity contribution in [3.63, 3.8) is 0 Å². The van der Waals surface area contributed by atoms with Gasteiger partial charge in [-0.2, -0.15) is 16.1 Å². The molecule has 1 aromatic heterocycles. The zero-order chi connectivity index (χ0) is 16.3. The number of rotatable bonds is 3. The van der Waals surface area contributed by atoms with Gasteiger partial charge in [0.25, 0.3) is 5.91 Å². The number of nitrogens with one attached hydrogen (secondary N) is 1. The third-order valence-corrected chi connectivity index (χ3v) is 7.21. The second kappa shape index (κ2) is 7.27. The highest BCUT2D eigenvalue weighted by molar-refractivity contribution is 7.99. The van der Waals surface area contributed by atoms with Crippen molar-refractivity contribution in [3.05, 3.63) is 18.0 Å². The zero-order valence-electron chi connectivity index (χ0n) is 13.2. The third kappa shape index (κ3) is 3.75. The Hall–Kier alpha value is -0.990. The number of aromatic nitrogens is 1. The summed E-state index contributed by atoms with van der Waals surface area (Å²) >= 11 is 1.77. The molecule has 3 rings (SSSR count). The fraction of sp³-hybridized carbons (Fsp3) is 0.667. The number of nitrogens with zero attached hydrogens (tertiary/aromatic N) is 2. The standard InChI is InChI=1S/C15H23N3O3S2/c19-15(17-5-3-1-2-4-6-17)14-11-13(12-16-14)23(20,21)18-7-9-22-10-8-18/h11-12,16H,1-10H2. The highest BCUT2D eigenvalue weighted by atomic mass is 32.2. The first-order valence-electron chi connectivity index (χ1n) is 8.14. The average Bonchev–Trinajstić information content (AvgIpc) is 2.92. The van der Waals surface area contributed by atoms with Crippen LogP contribution in [-0.4, -0.2) is 66.2 Å². The van der Waals surface area contributed by atoms with Crippen LogP contribution in [0.3, 0.4) is 0 Å². The Morgan fingerprint density at radius 1 is 1.04 bits per heavy atom. The molecule has 128 valence electrons. The molecule has 0 unspecified atom stereocenters. The van der Waals surface area contributed by atoms with Crippen molar-refractivity contribution in [2.45, 2.75) is 30.6 Å². The first-order chi connectivity index (χ1) is 11.1. The number of sulfonamides is 1. The molecule has 6 nitrogen and oxygen atoms in total. The van der Waals surface area contributed by atoms with Crippen LogP contribution in [0.4, 0.5) is 0 Å². The van der Waals surface area contributed by atoms with Gasteiger partial charge in [-0.25, -0.2) is 8.42 Å². The smallest absolute Gasteiger partial charge is 0.270 e. The second-order valence-electron chi connectivity index (χ2n) is 5.97. The molecule has 0 saturated carbocycles. The summed E-state index contributed by atoms with van der Waals surface area (Å²) in [5, 5.41) is 0. The maximum absolute atomic E-state index is 12.6. The highest BCUT2D eigenvalue weighted by Gasteiger charge is 2.28. The molecule has 2 aliphatic rings. The van der Waals surface area contributed by atoms with Crippen molar-refractivity contribution in [2.24, 2.45) is 0 Å². The number of carbonyl (C=O) groups excluding carboxylic acids is 1. The Bertz CT molecular complexity index is 643. The lowest BCUT2D eigenvalue weighted by Crippen LogP contribution is -2.37. The molecule has 0 radical (unpaired) electrons. The van der Waals surface area contributed by atoms with E-state index in [1.807, 2.05) is 4.90 Å². The van der Waals surface area contributed by atoms with Crippen molar-refractivity contribution in [3.8, 4) is 0 Å². The average molecular weight is 358 g/mol. The Morgan fingerprint density at radius 3 is 2.35 bits per heavy atom. The predicted octanol–water partition coefficient (Wildman–Crippen LogP) is 1.77. The number of H-pyrrole nitrogens is 1. The van der Waals surface area contributed by atoms with Gasteiger partial charge in [-0.05, 0) is 18.9 Å². The van der Waals surface area contributed by atoms with E-state index in [1.165, 1.54) is 16.6 Å². The minimum Gasteiger partial charge on any atom is -0.356 e. The van der Waals surface area contributed by atoms with E-state index in [0.29, 0.717) is 18.8 Å². The first-order valence-corrected chi connectivity index (χ1v) is 10.7. The lowest BCUT2D eigenvalue weighted by molar-refractivity contribution is 0.0756. The molecule has 0 bridgehead atoms. The Morgan fingerprint density at radius 2 is 1.70 bits per heavy atom. The van der Waals surface area contributed by atoms with Crippen LogP contribution in [0.25, 0.3) is 0 Å². The van der Waals surface area contributed by atoms with Gasteiger partial charge in [0.15, 0.2) is 0 Å². The number of hydrogen-bond acceptors (Lipinski definition) is 4. The summed E-state index contributed by atoms with van der Waals surface area (Å²) in [4.78, 5) is 17.4. The third-order valence-electron chi connectivity index (χ3n) is 4.39. The van der Waals surface area contributed by atoms with Gasteiger partial charge >= 0.3 is 0 Å². The molecule has 1 N–H and O–H groups in total. The van der Waals surface area contributed by atoms with Crippen LogP contribution in [0.2, 0.25) is 0 Å². The van der Waals surface area contributed by atoms with Crippen LogP contribution in [0.15, 0.2) is 17.2 Å². The summed E-state index contributed by atoms with van der Waals surface area (Å²) in [5.74, 6) is 1.55. The van der Waals surface area contributed by atoms with Gasteiger partial charge in [0.1, 0.15) is 10.6 Å². The Kier molecular flexibility index (Phi) is 5.33. The molecule has 3 heterocycles. The van der Waals surface area contributed by atoms with Gasteiger partial charge in [-0.1, -0.05) is 12.8 Å². The topological polar surface area (TPSA) is 73.5 Å². The summed E-state index contributed by atoms with van der Waals surface area (Å²) in [6.07, 6.45) is 5.79. The minimum absolute atomic E-state index is 0.0949. The van der Waals surface area contributed by atoms with Crippen LogP contribution < -0.4 is 0 Å². The quantitative estimate of drug-likeness (QED) is 0.895. The molecule has 0 spiro atoms. The molecule has 1 amide bonds. The normalized spacial score (nSPS) is 21.1. The van der Waals surface area contributed by atoms with Gasteiger partial charge in [-0.3, -0.25) is 4.79 Å². The molecule has 2 aliphatic heterocycles. The summed E-state index contributed by atoms with van der Waals surface area (Å²) in [6, 6.07) is 1.49. The summed E-state index contributed by atoms with van der Waals surface area (Å²) in [7, 11) is -3.49. The molecule has 1 aromatic rings. The lowest BCUT2D eigenvalue weighted by Gasteiger charge is -2.25. The van der Waals surface area contributed by atoms with Crippen molar-refractivity contribution in [1.82, 2.24) is 14.2 Å². The SMILES string of the molecule is O=C(c1cc(S(=O)(=O)N2CCSCC2)c[nH]1)N1CCCCCC1. The number of hydrogen-bond donors (Lipinski definition) is 1. The van der Waals surface area contributed by atoms with Gasteiger partial charge < -0.3 is 9.88 Å². The van der Waals surface area contributed by atoms with E-state index in [9.17, 15) is 13.2 Å². The molecule has 2 fully saturated rings. The molecular weight excluding hydrogens is 334 g/mol. The van der Waals surface area contributed by atoms with Crippen LogP contribution in [0.1, 0.15) is 36.2 Å². The molecular formula is C15H23N3O3S2. The van der Waals surface area contributed by atoms with Crippen molar-refractivity contribution in [2.75, 3.05) is 37.7 Å². The molecule has 8 heteroatoms. The zero-order valence-corrected chi connectivity index (χ0v) is 14.8. The maximum atomic E-state index is 12.6. The van der Waals surface area contributed by atoms with E-state index in [1.54, 1.807) is 11.8 Å². The first kappa shape index (κ1) is 16.9. The number of amides is 1. The molecule has 0 atom stereocenters. The van der Waals surface area contributed by atoms with E-state index in [4.69, 9.17) is 0 Å². The van der Waals surface area contributed by atoms with Crippen molar-refractivity contribution < 1.29 is 13.2 Å². The highest BCUT2D eigenvalue weighted by Crippen LogP contribution is 2.22. The fourth-order valence-corrected chi connectivity index (χ4v) is 5.60. The number of thioether (sulfide) groups is 1. The van der Waals surface area contributed by atoms with E-state index >= 15 is 0 Å². The van der Waals surface area contributed by atoms with Crippen molar-refractivity contribution >= 4 is 27.7 Å². The molecule has 23 heavy (non-hydrogen) atoms. The lowest BCUT2D eigenvalue weighted by atomic mass is 10.2. The molecule has 0 aromatic carbocycles. The Labute approximate surface area is 141 Å². The second-order valence-corrected chi connectivity index (χ2v) is 9.13. The van der Waals surface area contributed by atoms with Gasteiger partial charge in [0.05, 0.1) is 0 Å². The maximum Gasteiger partial charge on any atom is 0.270 e. The fourth-order valence-electron chi connectivity index (χ4n) is 3.03. The number of carbonyl (C=O) groups is 1. The largest absolute Gasteiger partial charge is 0.356 e. The van der Waals surface area contributed by atoms with Crippen LogP contribution >= 0.6 is 11.8 Å². The molecule has 0 aliphatic carbocycles. The predicted molar refractivity (Wildman–Crippen MR) is 91.2 cm³/mol. The van der Waals surface area contributed by atoms with Gasteiger partial charge in [0, 0.05) is 43.9 Å². The van der Waals surface area contributed by atoms with E-state index < -0.39 is 10.0 Å². The van der Waals surface area contributed by atoms with E-state index in [0.717, 1.165) is 50.3 Å². The van der Waals surface area contributed by atoms with Crippen LogP contribution in [0, 0.1) is 0 Å². The van der Waals surface area contributed by atoms with Crippen molar-refractivity contribution in [1.29, 1.82) is 0 Å².